The first-order chi connectivity index (χ1) is 2.91. The third-order valence-corrected chi connectivity index (χ3v) is 0.500. The van der Waals surface area contributed by atoms with Crippen LogP contribution in [0, 0.1) is 0 Å². The van der Waals surface area contributed by atoms with Crippen LogP contribution in [0.2, 0.25) is 0 Å². The summed E-state index contributed by atoms with van der Waals surface area (Å²) in [6, 6.07) is 0. The second kappa shape index (κ2) is 9.66. The standard InChI is InChI=1S/C3H5O2P.Zn/c1-2-3-5-6-4;/h2H,1,3H2;. The molecule has 0 heterocycles. The third kappa shape index (κ3) is 10.7. The molecule has 0 atom stereocenters. The first-order valence-corrected chi connectivity index (χ1v) is 2.20. The van der Waals surface area contributed by atoms with E-state index in [0.29, 0.717) is 6.61 Å². The van der Waals surface area contributed by atoms with Crippen LogP contribution in [0.4, 0.5) is 0 Å². The van der Waals surface area contributed by atoms with E-state index in [9.17, 15) is 4.57 Å². The van der Waals surface area contributed by atoms with Crippen LogP contribution in [0.15, 0.2) is 12.7 Å². The summed E-state index contributed by atoms with van der Waals surface area (Å²) in [7, 11) is -0.276. The molecule has 0 aliphatic rings. The Kier molecular flexibility index (Phi) is 14.4. The molecule has 0 aliphatic carbocycles. The maximum Gasteiger partial charge on any atom is 0.327 e. The van der Waals surface area contributed by atoms with Gasteiger partial charge in [-0.3, -0.25) is 4.52 Å². The van der Waals surface area contributed by atoms with E-state index in [2.05, 4.69) is 11.1 Å². The van der Waals surface area contributed by atoms with E-state index in [4.69, 9.17) is 0 Å². The quantitative estimate of drug-likeness (QED) is 0.276. The van der Waals surface area contributed by atoms with E-state index in [-0.39, 0.29) is 28.2 Å². The van der Waals surface area contributed by atoms with Gasteiger partial charge in [-0.25, -0.2) is 4.57 Å². The van der Waals surface area contributed by atoms with Crippen LogP contribution in [0.3, 0.4) is 0 Å². The van der Waals surface area contributed by atoms with E-state index >= 15 is 0 Å². The van der Waals surface area contributed by atoms with Crippen LogP contribution in [0.5, 0.6) is 0 Å². The number of hydrogen-bond acceptors (Lipinski definition) is 2. The van der Waals surface area contributed by atoms with Gasteiger partial charge in [-0.05, 0) is 0 Å². The molecule has 0 aromatic rings. The van der Waals surface area contributed by atoms with Gasteiger partial charge in [0.1, 0.15) is 0 Å². The molecule has 0 rings (SSSR count). The first-order valence-electron chi connectivity index (χ1n) is 1.47. The molecule has 0 amide bonds. The molecule has 0 aliphatic heterocycles. The molecule has 0 spiro atoms. The van der Waals surface area contributed by atoms with Crippen molar-refractivity contribution in [3.8, 4) is 0 Å². The minimum atomic E-state index is -0.276. The molecule has 7 heavy (non-hydrogen) atoms. The maximum atomic E-state index is 9.39. The van der Waals surface area contributed by atoms with Crippen LogP contribution in [0.1, 0.15) is 0 Å². The molecule has 0 N–H and O–H groups in total. The fourth-order valence-electron chi connectivity index (χ4n) is 0.0831. The molecular formula is C3H5O2PZn. The van der Waals surface area contributed by atoms with Crippen LogP contribution in [-0.4, -0.2) is 6.61 Å². The molecule has 36 valence electrons. The summed E-state index contributed by atoms with van der Waals surface area (Å²) in [5.41, 5.74) is 0. The Labute approximate surface area is 57.0 Å². The predicted octanol–water partition coefficient (Wildman–Crippen LogP) is 1.39. The van der Waals surface area contributed by atoms with Gasteiger partial charge in [0.2, 0.25) is 0 Å². The molecule has 0 unspecified atom stereocenters. The minimum absolute atomic E-state index is 0. The summed E-state index contributed by atoms with van der Waals surface area (Å²) in [5, 5.41) is 0. The van der Waals surface area contributed by atoms with E-state index in [1.54, 1.807) is 0 Å². The summed E-state index contributed by atoms with van der Waals surface area (Å²) in [6.07, 6.45) is 1.53. The van der Waals surface area contributed by atoms with Crippen LogP contribution >= 0.6 is 8.69 Å². The Morgan fingerprint density at radius 2 is 2.43 bits per heavy atom. The van der Waals surface area contributed by atoms with Crippen LogP contribution < -0.4 is 0 Å². The Hall–Kier alpha value is 0.423. The van der Waals surface area contributed by atoms with Gasteiger partial charge in [0, 0.05) is 19.5 Å². The molecule has 4 heteroatoms. The molecule has 0 saturated carbocycles. The average molecular weight is 169 g/mol. The fraction of sp³-hybridized carbons (Fsp3) is 0.333. The summed E-state index contributed by atoms with van der Waals surface area (Å²) in [4.78, 5) is 0. The van der Waals surface area contributed by atoms with Gasteiger partial charge in [-0.2, -0.15) is 0 Å². The normalized spacial score (nSPS) is 7.43. The van der Waals surface area contributed by atoms with E-state index < -0.39 is 0 Å². The van der Waals surface area contributed by atoms with Crippen molar-refractivity contribution in [3.05, 3.63) is 12.7 Å². The number of rotatable bonds is 3. The van der Waals surface area contributed by atoms with Gasteiger partial charge in [-0.1, -0.05) is 6.08 Å². The van der Waals surface area contributed by atoms with Gasteiger partial charge < -0.3 is 0 Å². The smallest absolute Gasteiger partial charge is 0.290 e. The van der Waals surface area contributed by atoms with Crippen molar-refractivity contribution in [2.45, 2.75) is 0 Å². The zero-order chi connectivity index (χ0) is 4.83. The maximum absolute atomic E-state index is 9.39. The Morgan fingerprint density at radius 3 is 2.57 bits per heavy atom. The van der Waals surface area contributed by atoms with Crippen molar-refractivity contribution in [2.75, 3.05) is 6.61 Å². The van der Waals surface area contributed by atoms with Gasteiger partial charge in [0.15, 0.2) is 0 Å². The SMILES string of the molecule is C=CCOP=O.[Zn]. The number of hydrogen-bond donors (Lipinski definition) is 0. The van der Waals surface area contributed by atoms with Crippen LogP contribution in [-0.2, 0) is 28.6 Å². The predicted molar refractivity (Wildman–Crippen MR) is 23.8 cm³/mol. The van der Waals surface area contributed by atoms with Gasteiger partial charge in [0.25, 0.3) is 0 Å². The molecule has 0 aromatic heterocycles. The largest absolute Gasteiger partial charge is 0.327 e. The molecule has 0 aromatic carbocycles. The van der Waals surface area contributed by atoms with E-state index in [0.717, 1.165) is 0 Å². The van der Waals surface area contributed by atoms with E-state index in [1.165, 1.54) is 6.08 Å². The summed E-state index contributed by atoms with van der Waals surface area (Å²) >= 11 is 0. The molecule has 0 bridgehead atoms. The summed E-state index contributed by atoms with van der Waals surface area (Å²) in [5.74, 6) is 0. The third-order valence-electron chi connectivity index (χ3n) is 0.245. The Bertz CT molecular complexity index is 48.9. The minimum Gasteiger partial charge on any atom is -0.290 e. The summed E-state index contributed by atoms with van der Waals surface area (Å²) in [6.45, 7) is 3.68. The molecule has 0 radical (unpaired) electrons. The summed E-state index contributed by atoms with van der Waals surface area (Å²) < 4.78 is 13.7. The van der Waals surface area contributed by atoms with Gasteiger partial charge >= 0.3 is 8.69 Å². The fourth-order valence-corrected chi connectivity index (χ4v) is 0.249. The first kappa shape index (κ1) is 10.4. The van der Waals surface area contributed by atoms with Gasteiger partial charge in [-0.15, -0.1) is 6.58 Å². The van der Waals surface area contributed by atoms with Crippen LogP contribution in [0.25, 0.3) is 0 Å². The van der Waals surface area contributed by atoms with Crippen molar-refractivity contribution < 1.29 is 28.6 Å². The Morgan fingerprint density at radius 1 is 1.86 bits per heavy atom. The van der Waals surface area contributed by atoms with Crippen molar-refractivity contribution in [2.24, 2.45) is 0 Å². The Balaban J connectivity index is 0. The molecule has 0 saturated heterocycles. The molecule has 2 nitrogen and oxygen atoms in total. The van der Waals surface area contributed by atoms with Crippen molar-refractivity contribution in [1.29, 1.82) is 0 Å². The van der Waals surface area contributed by atoms with E-state index in [1.807, 2.05) is 0 Å². The zero-order valence-corrected chi connectivity index (χ0v) is 7.82. The van der Waals surface area contributed by atoms with Crippen molar-refractivity contribution in [1.82, 2.24) is 0 Å². The molecule has 0 fully saturated rings. The van der Waals surface area contributed by atoms with Gasteiger partial charge in [0.05, 0.1) is 6.61 Å². The topological polar surface area (TPSA) is 26.3 Å². The second-order valence-electron chi connectivity index (χ2n) is 0.659. The monoisotopic (exact) mass is 168 g/mol. The molecular weight excluding hydrogens is 164 g/mol. The zero-order valence-electron chi connectivity index (χ0n) is 3.96. The van der Waals surface area contributed by atoms with Crippen molar-refractivity contribution in [3.63, 3.8) is 0 Å². The average Bonchev–Trinajstić information content (AvgIpc) is 1.61. The second-order valence-corrected chi connectivity index (χ2v) is 1.07. The van der Waals surface area contributed by atoms with Crippen molar-refractivity contribution >= 4 is 8.69 Å².